The molecule has 4 atom stereocenters. The molecule has 0 fully saturated rings. The molecule has 0 aliphatic rings. The van der Waals surface area contributed by atoms with Crippen molar-refractivity contribution in [3.05, 3.63) is 0 Å². The Morgan fingerprint density at radius 1 is 0.440 bits per heavy atom. The normalized spacial score (nSPS) is 17.3. The van der Waals surface area contributed by atoms with Gasteiger partial charge in [-0.05, 0) is 136 Å². The van der Waals surface area contributed by atoms with E-state index in [4.69, 9.17) is 36.2 Å². The summed E-state index contributed by atoms with van der Waals surface area (Å²) in [5.74, 6) is -0.127. The second-order valence-electron chi connectivity index (χ2n) is 12.4. The number of methoxy groups -OCH3 is 1. The molecule has 0 N–H and O–H groups in total. The lowest BCUT2D eigenvalue weighted by molar-refractivity contribution is -0.140. The van der Waals surface area contributed by atoms with E-state index >= 15 is 0 Å². The van der Waals surface area contributed by atoms with E-state index in [0.717, 1.165) is 45.5 Å². The molecule has 4 unspecified atom stereocenters. The molecule has 0 bridgehead atoms. The van der Waals surface area contributed by atoms with Crippen LogP contribution >= 0.6 is 72.7 Å². The summed E-state index contributed by atoms with van der Waals surface area (Å²) in [6.45, 7) is 7.43. The average Bonchev–Trinajstić information content (AvgIpc) is 2.91. The van der Waals surface area contributed by atoms with E-state index in [0.29, 0.717) is 0 Å². The van der Waals surface area contributed by atoms with Crippen molar-refractivity contribution in [1.29, 1.82) is 0 Å². The molecule has 0 saturated heterocycles. The van der Waals surface area contributed by atoms with E-state index in [-0.39, 0.29) is 53.8 Å². The van der Waals surface area contributed by atoms with E-state index in [2.05, 4.69) is 4.74 Å². The van der Waals surface area contributed by atoms with Gasteiger partial charge in [-0.25, -0.2) is 18.3 Å². The van der Waals surface area contributed by atoms with Crippen molar-refractivity contribution in [2.75, 3.05) is 30.1 Å². The van der Waals surface area contributed by atoms with E-state index < -0.39 is 57.6 Å². The zero-order valence-electron chi connectivity index (χ0n) is 31.8. The summed E-state index contributed by atoms with van der Waals surface area (Å²) in [7, 11) is 1.27. The predicted molar refractivity (Wildman–Crippen MR) is 210 cm³/mol. The van der Waals surface area contributed by atoms with Gasteiger partial charge in [-0.1, -0.05) is 0 Å². The molecule has 0 saturated carbocycles. The molecule has 300 valence electrons. The molecular formula is C28H60O14P4S4. The molecule has 0 spiro atoms. The van der Waals surface area contributed by atoms with Gasteiger partial charge in [0.2, 0.25) is 0 Å². The van der Waals surface area contributed by atoms with Crippen molar-refractivity contribution in [3.8, 4) is 0 Å². The zero-order valence-corrected chi connectivity index (χ0v) is 38.6. The van der Waals surface area contributed by atoms with Crippen LogP contribution in [0.3, 0.4) is 0 Å². The minimum Gasteiger partial charge on any atom is -0.469 e. The van der Waals surface area contributed by atoms with E-state index in [9.17, 15) is 23.1 Å². The van der Waals surface area contributed by atoms with Gasteiger partial charge in [0.05, 0.1) is 62.4 Å². The van der Waals surface area contributed by atoms with Gasteiger partial charge >= 0.3 is 33.2 Å². The van der Waals surface area contributed by atoms with Crippen LogP contribution in [0.5, 0.6) is 0 Å². The predicted octanol–water partition coefficient (Wildman–Crippen LogP) is 11.3. The van der Waals surface area contributed by atoms with Crippen molar-refractivity contribution >= 4 is 78.7 Å². The fourth-order valence-corrected chi connectivity index (χ4v) is 20.1. The second-order valence-corrected chi connectivity index (χ2v) is 28.5. The standard InChI is InChI=1S/C28H60O14P4S4/c1-20(2)35-43(30,36-21(3)4)48-17-26(12)41-46(33,42-27(13)18-49-44(31,37-22(5)6)38-23(7)8)50-19-25(11)40-45(32,39-24(9)10)47-16-15-28(29)34-14/h20-27H,15-19H2,1-14H3. The molecule has 0 aliphatic carbocycles. The SMILES string of the molecule is COC(=O)CCSP(=O)(OC(C)C)OC(C)CSP(=O)(OC(C)CSP(=O)(OC(C)C)OC(C)C)OC(C)CSP(=O)(OC(C)C)OC(C)C. The van der Waals surface area contributed by atoms with Gasteiger partial charge in [0.15, 0.2) is 0 Å². The number of hydrogen-bond acceptors (Lipinski definition) is 18. The minimum absolute atomic E-state index is 0.0104. The lowest BCUT2D eigenvalue weighted by Crippen LogP contribution is -2.17. The van der Waals surface area contributed by atoms with Crippen LogP contribution in [0.25, 0.3) is 0 Å². The van der Waals surface area contributed by atoms with Gasteiger partial charge in [0.25, 0.3) is 0 Å². The lowest BCUT2D eigenvalue weighted by Gasteiger charge is -2.28. The Kier molecular flexibility index (Phi) is 25.6. The molecule has 50 heavy (non-hydrogen) atoms. The topological polar surface area (TPSA) is 168 Å². The third-order valence-electron chi connectivity index (χ3n) is 4.81. The smallest absolute Gasteiger partial charge is 0.389 e. The lowest BCUT2D eigenvalue weighted by atomic mass is 10.5. The van der Waals surface area contributed by atoms with Crippen molar-refractivity contribution < 1.29 is 64.0 Å². The first kappa shape index (κ1) is 51.5. The Labute approximate surface area is 316 Å². The fourth-order valence-electron chi connectivity index (χ4n) is 3.32. The Bertz CT molecular complexity index is 1100. The van der Waals surface area contributed by atoms with Gasteiger partial charge in [-0.3, -0.25) is 41.0 Å². The van der Waals surface area contributed by atoms with Gasteiger partial charge in [-0.15, -0.1) is 0 Å². The summed E-state index contributed by atoms with van der Waals surface area (Å²) in [4.78, 5) is 11.6. The van der Waals surface area contributed by atoms with Crippen molar-refractivity contribution in [2.45, 2.75) is 145 Å². The van der Waals surface area contributed by atoms with Gasteiger partial charge in [0, 0.05) is 23.0 Å². The Morgan fingerprint density at radius 3 is 0.920 bits per heavy atom. The van der Waals surface area contributed by atoms with Crippen molar-refractivity contribution in [3.63, 3.8) is 0 Å². The third kappa shape index (κ3) is 24.8. The van der Waals surface area contributed by atoms with Crippen LogP contribution in [0.2, 0.25) is 0 Å². The van der Waals surface area contributed by atoms with Gasteiger partial charge in [0.1, 0.15) is 0 Å². The molecule has 0 rings (SSSR count). The van der Waals surface area contributed by atoms with Crippen LogP contribution in [0.4, 0.5) is 0 Å². The molecule has 0 radical (unpaired) electrons. The average molecular weight is 873 g/mol. The highest BCUT2D eigenvalue weighted by Crippen LogP contribution is 2.68. The van der Waals surface area contributed by atoms with Crippen LogP contribution in [-0.2, 0) is 64.0 Å². The Morgan fingerprint density at radius 2 is 0.680 bits per heavy atom. The summed E-state index contributed by atoms with van der Waals surface area (Å²) >= 11 is 3.58. The van der Waals surface area contributed by atoms with Crippen LogP contribution in [-0.4, -0.2) is 84.9 Å². The first-order valence-corrected chi connectivity index (χ1v) is 28.9. The maximum absolute atomic E-state index is 14.3. The Balaban J connectivity index is 6.00. The van der Waals surface area contributed by atoms with E-state index in [1.165, 1.54) is 7.11 Å². The van der Waals surface area contributed by atoms with E-state index in [1.807, 2.05) is 0 Å². The molecule has 0 aromatic rings. The highest BCUT2D eigenvalue weighted by atomic mass is 32.7. The third-order valence-corrected chi connectivity index (χ3v) is 21.3. The monoisotopic (exact) mass is 872 g/mol. The number of rotatable bonds is 29. The number of carbonyl (C=O) groups excluding carboxylic acids is 1. The summed E-state index contributed by atoms with van der Waals surface area (Å²) in [6, 6.07) is 0. The highest BCUT2D eigenvalue weighted by molar-refractivity contribution is 8.56. The molecule has 0 aromatic heterocycles. The maximum Gasteiger partial charge on any atom is 0.389 e. The maximum atomic E-state index is 14.3. The summed E-state index contributed by atoms with van der Waals surface area (Å²) in [5.41, 5.74) is 0. The number of ether oxygens (including phenoxy) is 1. The molecular weight excluding hydrogens is 812 g/mol. The first-order chi connectivity index (χ1) is 22.8. The first-order valence-electron chi connectivity index (χ1n) is 16.4. The molecule has 0 heterocycles. The highest BCUT2D eigenvalue weighted by Gasteiger charge is 2.38. The summed E-state index contributed by atoms with van der Waals surface area (Å²) < 4.78 is 105. The molecule has 14 nitrogen and oxygen atoms in total. The molecule has 22 heteroatoms. The number of carbonyl (C=O) groups is 1. The number of esters is 1. The van der Waals surface area contributed by atoms with Gasteiger partial charge < -0.3 is 4.74 Å². The van der Waals surface area contributed by atoms with E-state index in [1.54, 1.807) is 90.0 Å². The fraction of sp³-hybridized carbons (Fsp3) is 0.964. The molecule has 0 amide bonds. The van der Waals surface area contributed by atoms with Gasteiger partial charge in [-0.2, -0.15) is 0 Å². The summed E-state index contributed by atoms with van der Waals surface area (Å²) in [5, 5.41) is 0. The second kappa shape index (κ2) is 24.9. The van der Waals surface area contributed by atoms with Crippen LogP contribution < -0.4 is 0 Å². The molecule has 0 aliphatic heterocycles. The molecule has 0 aromatic carbocycles. The van der Waals surface area contributed by atoms with Crippen molar-refractivity contribution in [2.24, 2.45) is 0 Å². The quantitative estimate of drug-likeness (QED) is 0.0513. The Hall–Kier alpha value is 1.47. The zero-order chi connectivity index (χ0) is 38.9. The summed E-state index contributed by atoms with van der Waals surface area (Å²) in [6.07, 6.45) is -4.15. The van der Waals surface area contributed by atoms with Crippen LogP contribution in [0, 0.1) is 0 Å². The minimum atomic E-state index is -4.02. The van der Waals surface area contributed by atoms with Crippen molar-refractivity contribution in [1.82, 2.24) is 0 Å². The van der Waals surface area contributed by atoms with Crippen LogP contribution in [0.1, 0.15) is 96.4 Å². The number of hydrogen-bond donors (Lipinski definition) is 0. The largest absolute Gasteiger partial charge is 0.469 e. The van der Waals surface area contributed by atoms with Crippen LogP contribution in [0.15, 0.2) is 0 Å².